The summed E-state index contributed by atoms with van der Waals surface area (Å²) in [5.41, 5.74) is 5.04. The minimum atomic E-state index is -2.69. The van der Waals surface area contributed by atoms with Gasteiger partial charge in [0.05, 0.1) is 6.10 Å². The molecule has 1 saturated heterocycles. The summed E-state index contributed by atoms with van der Waals surface area (Å²) < 4.78 is 11.7. The molecule has 100 valence electrons. The fourth-order valence-electron chi connectivity index (χ4n) is 1.70. The van der Waals surface area contributed by atoms with Crippen LogP contribution in [0.2, 0.25) is 0 Å². The highest BCUT2D eigenvalue weighted by molar-refractivity contribution is 7.39. The van der Waals surface area contributed by atoms with Crippen LogP contribution in [0.5, 0.6) is 0 Å². The molecule has 0 unspecified atom stereocenters. The molecule has 0 aliphatic carbocycles. The Morgan fingerprint density at radius 3 is 3.06 bits per heavy atom. The van der Waals surface area contributed by atoms with E-state index in [4.69, 9.17) is 24.8 Å². The number of rotatable bonds is 5. The van der Waals surface area contributed by atoms with Crippen LogP contribution in [0.3, 0.4) is 0 Å². The van der Waals surface area contributed by atoms with Crippen LogP contribution in [0.1, 0.15) is 29.7 Å². The molecule has 1 aromatic rings. The summed E-state index contributed by atoms with van der Waals surface area (Å²) in [6.45, 7) is 0.120. The van der Waals surface area contributed by atoms with Crippen LogP contribution in [0, 0.1) is 0 Å². The molecule has 1 aliphatic heterocycles. The lowest BCUT2D eigenvalue weighted by atomic mass is 10.2. The van der Waals surface area contributed by atoms with Gasteiger partial charge in [-0.1, -0.05) is 0 Å². The molecule has 2 atom stereocenters. The number of nitrogens with two attached hydrogens (primary N) is 1. The summed E-state index contributed by atoms with van der Waals surface area (Å²) in [6.07, 6.45) is 2.18. The van der Waals surface area contributed by atoms with Crippen molar-refractivity contribution in [1.29, 1.82) is 0 Å². The number of nitrogens with zero attached hydrogens (tertiary/aromatic N) is 3. The highest BCUT2D eigenvalue weighted by Crippen LogP contribution is 2.31. The normalized spacial score (nSPS) is 23.7. The quantitative estimate of drug-likeness (QED) is 0.589. The molecular weight excluding hydrogens is 263 g/mol. The third-order valence-corrected chi connectivity index (χ3v) is 2.93. The summed E-state index contributed by atoms with van der Waals surface area (Å²) in [4.78, 5) is 31.9. The van der Waals surface area contributed by atoms with Crippen LogP contribution in [0.15, 0.2) is 6.33 Å². The van der Waals surface area contributed by atoms with Crippen LogP contribution >= 0.6 is 8.60 Å². The SMILES string of the molecule is NC(=O)c1ncn([C@H]2CC[C@@H](CO[PH+](O)O)O2)n1. The Balaban J connectivity index is 1.89. The van der Waals surface area contributed by atoms with E-state index in [2.05, 4.69) is 10.1 Å². The standard InChI is InChI=1S/C8H13N4O5P/c9-7(13)8-10-4-12(11-8)6-2-1-5(17-6)3-16-18(14)15/h4-6,14-15,18H,1-3H2,(H-,9,13)/p+1/t5-,6+/m0/s1. The van der Waals surface area contributed by atoms with Gasteiger partial charge in [0.2, 0.25) is 5.82 Å². The summed E-state index contributed by atoms with van der Waals surface area (Å²) in [5, 5.41) is 3.89. The molecule has 2 rings (SSSR count). The predicted molar refractivity (Wildman–Crippen MR) is 60.4 cm³/mol. The fraction of sp³-hybridized carbons (Fsp3) is 0.625. The Hall–Kier alpha value is -1.12. The first kappa shape index (κ1) is 13.3. The van der Waals surface area contributed by atoms with Gasteiger partial charge in [-0.15, -0.1) is 5.10 Å². The van der Waals surface area contributed by atoms with E-state index in [9.17, 15) is 4.79 Å². The Bertz CT molecular complexity index is 425. The van der Waals surface area contributed by atoms with E-state index in [0.29, 0.717) is 12.8 Å². The van der Waals surface area contributed by atoms with Gasteiger partial charge >= 0.3 is 8.60 Å². The molecule has 2 heterocycles. The van der Waals surface area contributed by atoms with Crippen LogP contribution in [-0.4, -0.2) is 43.2 Å². The van der Waals surface area contributed by atoms with Gasteiger partial charge in [-0.25, -0.2) is 9.67 Å². The lowest BCUT2D eigenvalue weighted by molar-refractivity contribution is -0.0254. The van der Waals surface area contributed by atoms with Gasteiger partial charge < -0.3 is 10.5 Å². The zero-order valence-electron chi connectivity index (χ0n) is 9.39. The number of hydrogen-bond acceptors (Lipinski definition) is 7. The van der Waals surface area contributed by atoms with Crippen molar-refractivity contribution in [2.75, 3.05) is 6.61 Å². The number of primary amides is 1. The maximum Gasteiger partial charge on any atom is 0.392 e. The van der Waals surface area contributed by atoms with Gasteiger partial charge in [0.1, 0.15) is 12.9 Å². The smallest absolute Gasteiger partial charge is 0.363 e. The average Bonchev–Trinajstić information content (AvgIpc) is 2.95. The molecule has 0 aromatic carbocycles. The summed E-state index contributed by atoms with van der Waals surface area (Å²) >= 11 is 0. The Labute approximate surface area is 104 Å². The van der Waals surface area contributed by atoms with Gasteiger partial charge in [0.25, 0.3) is 5.91 Å². The molecular formula is C8H14N4O5P+. The molecule has 0 saturated carbocycles. The van der Waals surface area contributed by atoms with E-state index in [1.807, 2.05) is 0 Å². The van der Waals surface area contributed by atoms with E-state index in [0.717, 1.165) is 0 Å². The Morgan fingerprint density at radius 2 is 2.44 bits per heavy atom. The summed E-state index contributed by atoms with van der Waals surface area (Å²) in [6, 6.07) is 0. The predicted octanol–water partition coefficient (Wildman–Crippen LogP) is -0.985. The first-order valence-corrected chi connectivity index (χ1v) is 6.60. The molecule has 1 fully saturated rings. The van der Waals surface area contributed by atoms with E-state index < -0.39 is 14.5 Å². The average molecular weight is 277 g/mol. The van der Waals surface area contributed by atoms with Crippen molar-refractivity contribution >= 4 is 14.5 Å². The van der Waals surface area contributed by atoms with E-state index in [1.165, 1.54) is 11.0 Å². The summed E-state index contributed by atoms with van der Waals surface area (Å²) in [5.74, 6) is -0.756. The van der Waals surface area contributed by atoms with Crippen LogP contribution < -0.4 is 5.73 Å². The minimum absolute atomic E-state index is 0.0606. The maximum atomic E-state index is 10.8. The van der Waals surface area contributed by atoms with Gasteiger partial charge in [0.15, 0.2) is 6.23 Å². The maximum absolute atomic E-state index is 10.8. The molecule has 4 N–H and O–H groups in total. The van der Waals surface area contributed by atoms with Gasteiger partial charge in [-0.2, -0.15) is 14.3 Å². The molecule has 1 aliphatic rings. The highest BCUT2D eigenvalue weighted by atomic mass is 31.2. The van der Waals surface area contributed by atoms with Gasteiger partial charge in [-0.3, -0.25) is 4.79 Å². The third kappa shape index (κ3) is 3.21. The fourth-order valence-corrected chi connectivity index (χ4v) is 2.03. The van der Waals surface area contributed by atoms with Crippen molar-refractivity contribution < 1.29 is 23.8 Å². The van der Waals surface area contributed by atoms with Crippen molar-refractivity contribution in [2.45, 2.75) is 25.2 Å². The number of amides is 1. The zero-order chi connectivity index (χ0) is 13.1. The van der Waals surface area contributed by atoms with Gasteiger partial charge in [-0.05, 0) is 12.8 Å². The van der Waals surface area contributed by atoms with Gasteiger partial charge in [0, 0.05) is 0 Å². The van der Waals surface area contributed by atoms with E-state index >= 15 is 0 Å². The van der Waals surface area contributed by atoms with Crippen molar-refractivity contribution in [1.82, 2.24) is 14.8 Å². The molecule has 1 amide bonds. The zero-order valence-corrected chi connectivity index (χ0v) is 10.4. The van der Waals surface area contributed by atoms with Crippen LogP contribution in [-0.2, 0) is 9.26 Å². The molecule has 18 heavy (non-hydrogen) atoms. The Morgan fingerprint density at radius 1 is 1.67 bits per heavy atom. The van der Waals surface area contributed by atoms with Crippen LogP contribution in [0.25, 0.3) is 0 Å². The number of aromatic nitrogens is 3. The second kappa shape index (κ2) is 5.68. The van der Waals surface area contributed by atoms with Crippen molar-refractivity contribution in [3.63, 3.8) is 0 Å². The molecule has 0 radical (unpaired) electrons. The molecule has 0 spiro atoms. The molecule has 10 heteroatoms. The molecule has 9 nitrogen and oxygen atoms in total. The second-order valence-electron chi connectivity index (χ2n) is 3.80. The summed E-state index contributed by atoms with van der Waals surface area (Å²) in [7, 11) is -2.69. The van der Waals surface area contributed by atoms with E-state index in [-0.39, 0.29) is 24.8 Å². The highest BCUT2D eigenvalue weighted by Gasteiger charge is 2.29. The Kier molecular flexibility index (Phi) is 4.20. The lowest BCUT2D eigenvalue weighted by Gasteiger charge is -2.11. The number of hydrogen-bond donors (Lipinski definition) is 3. The topological polar surface area (TPSA) is 133 Å². The minimum Gasteiger partial charge on any atom is -0.363 e. The molecule has 0 bridgehead atoms. The van der Waals surface area contributed by atoms with Crippen molar-refractivity contribution in [3.8, 4) is 0 Å². The van der Waals surface area contributed by atoms with Crippen molar-refractivity contribution in [3.05, 3.63) is 12.2 Å². The first-order chi connectivity index (χ1) is 8.56. The number of carbonyl (C=O) groups is 1. The second-order valence-corrected chi connectivity index (χ2v) is 4.65. The van der Waals surface area contributed by atoms with Crippen LogP contribution in [0.4, 0.5) is 0 Å². The first-order valence-electron chi connectivity index (χ1n) is 5.30. The monoisotopic (exact) mass is 277 g/mol. The van der Waals surface area contributed by atoms with E-state index in [1.54, 1.807) is 0 Å². The molecule has 1 aromatic heterocycles. The number of carbonyl (C=O) groups excluding carboxylic acids is 1. The number of ether oxygens (including phenoxy) is 1. The van der Waals surface area contributed by atoms with Crippen molar-refractivity contribution in [2.24, 2.45) is 5.73 Å². The lowest BCUT2D eigenvalue weighted by Crippen LogP contribution is -2.17. The largest absolute Gasteiger partial charge is 0.392 e. The third-order valence-electron chi connectivity index (χ3n) is 2.51.